The molecule has 0 saturated heterocycles. The van der Waals surface area contributed by atoms with Gasteiger partial charge < -0.3 is 14.5 Å². The molecule has 0 saturated carbocycles. The van der Waals surface area contributed by atoms with Crippen molar-refractivity contribution < 1.29 is 18.7 Å². The van der Waals surface area contributed by atoms with Gasteiger partial charge in [0, 0.05) is 11.8 Å². The third-order valence-corrected chi connectivity index (χ3v) is 5.17. The number of nitrogens with one attached hydrogen (secondary N) is 1. The monoisotopic (exact) mass is 424 g/mol. The molecule has 4 rings (SSSR count). The van der Waals surface area contributed by atoms with E-state index in [-0.39, 0.29) is 17.9 Å². The van der Waals surface area contributed by atoms with Crippen LogP contribution in [0.15, 0.2) is 57.9 Å². The highest BCUT2D eigenvalue weighted by Gasteiger charge is 2.13. The summed E-state index contributed by atoms with van der Waals surface area (Å²) < 4.78 is 11.5. The first-order valence-electron chi connectivity index (χ1n) is 9.04. The minimum absolute atomic E-state index is 0.138. The van der Waals surface area contributed by atoms with E-state index in [0.717, 1.165) is 5.01 Å². The van der Waals surface area contributed by atoms with Crippen LogP contribution >= 0.6 is 11.3 Å². The predicted molar refractivity (Wildman–Crippen MR) is 109 cm³/mol. The number of hydrogen-bond donors (Lipinski definition) is 1. The number of aryl methyl sites for hydroxylation is 1. The van der Waals surface area contributed by atoms with Gasteiger partial charge in [0.2, 0.25) is 4.96 Å². The van der Waals surface area contributed by atoms with Crippen LogP contribution in [0.1, 0.15) is 38.5 Å². The number of fused-ring (bicyclic) bond motifs is 1. The van der Waals surface area contributed by atoms with Crippen molar-refractivity contribution >= 4 is 33.9 Å². The van der Waals surface area contributed by atoms with Gasteiger partial charge in [0.25, 0.3) is 11.5 Å². The molecule has 0 bridgehead atoms. The zero-order chi connectivity index (χ0) is 21.1. The van der Waals surface area contributed by atoms with Gasteiger partial charge in [-0.3, -0.25) is 9.59 Å². The quantitative estimate of drug-likeness (QED) is 0.473. The second-order valence-electron chi connectivity index (χ2n) is 6.21. The summed E-state index contributed by atoms with van der Waals surface area (Å²) >= 11 is 1.32. The minimum atomic E-state index is -0.570. The number of esters is 1. The number of carbonyl (C=O) groups is 2. The van der Waals surface area contributed by atoms with Gasteiger partial charge in [0.1, 0.15) is 11.6 Å². The minimum Gasteiger partial charge on any atom is -0.459 e. The Morgan fingerprint density at radius 3 is 2.73 bits per heavy atom. The average Bonchev–Trinajstić information content (AvgIpc) is 3.42. The number of ether oxygens (including phenoxy) is 1. The molecule has 10 heteroatoms. The Morgan fingerprint density at radius 1 is 1.23 bits per heavy atom. The van der Waals surface area contributed by atoms with Crippen molar-refractivity contribution in [2.45, 2.75) is 20.0 Å². The molecule has 0 spiro atoms. The highest BCUT2D eigenvalue weighted by molar-refractivity contribution is 7.16. The first-order chi connectivity index (χ1) is 14.5. The van der Waals surface area contributed by atoms with E-state index in [1.807, 2.05) is 6.92 Å². The Labute approximate surface area is 173 Å². The number of aromatic nitrogens is 3. The van der Waals surface area contributed by atoms with Crippen LogP contribution in [0.3, 0.4) is 0 Å². The average molecular weight is 424 g/mol. The van der Waals surface area contributed by atoms with E-state index in [1.165, 1.54) is 40.3 Å². The van der Waals surface area contributed by atoms with Crippen molar-refractivity contribution in [1.82, 2.24) is 14.6 Å². The van der Waals surface area contributed by atoms with Crippen molar-refractivity contribution in [3.63, 3.8) is 0 Å². The van der Waals surface area contributed by atoms with E-state index in [9.17, 15) is 14.4 Å². The first-order valence-corrected chi connectivity index (χ1v) is 9.86. The highest BCUT2D eigenvalue weighted by Crippen LogP contribution is 2.14. The molecule has 1 aromatic carbocycles. The van der Waals surface area contributed by atoms with Crippen LogP contribution in [0.5, 0.6) is 0 Å². The van der Waals surface area contributed by atoms with E-state index in [2.05, 4.69) is 15.4 Å². The summed E-state index contributed by atoms with van der Waals surface area (Å²) in [4.78, 5) is 41.2. The maximum absolute atomic E-state index is 12.3. The zero-order valence-corrected chi connectivity index (χ0v) is 16.6. The molecule has 152 valence electrons. The Bertz CT molecular complexity index is 1260. The van der Waals surface area contributed by atoms with Crippen molar-refractivity contribution in [2.75, 3.05) is 5.32 Å². The summed E-state index contributed by atoms with van der Waals surface area (Å²) in [7, 11) is 0. The van der Waals surface area contributed by atoms with E-state index in [0.29, 0.717) is 28.3 Å². The fourth-order valence-corrected chi connectivity index (χ4v) is 3.48. The molecule has 3 heterocycles. The Hall–Kier alpha value is -3.79. The molecular formula is C20H16N4O5S. The number of amides is 1. The summed E-state index contributed by atoms with van der Waals surface area (Å²) in [6, 6.07) is 10.7. The Balaban J connectivity index is 1.40. The van der Waals surface area contributed by atoms with E-state index < -0.39 is 11.9 Å². The first kappa shape index (κ1) is 19.5. The standard InChI is InChI=1S/C20H16N4O5S/c1-2-16-23-24-17(25)10-14(22-20(24)30-16)11-29-19(27)12-5-7-13(8-6-12)21-18(26)15-4-3-9-28-15/h3-10H,2,11H2,1H3,(H,21,26). The van der Waals surface area contributed by atoms with Crippen LogP contribution in [0.25, 0.3) is 4.96 Å². The highest BCUT2D eigenvalue weighted by atomic mass is 32.1. The van der Waals surface area contributed by atoms with Gasteiger partial charge in [-0.1, -0.05) is 18.3 Å². The predicted octanol–water partition coefficient (Wildman–Crippen LogP) is 2.92. The smallest absolute Gasteiger partial charge is 0.338 e. The molecule has 0 fully saturated rings. The molecule has 1 amide bonds. The van der Waals surface area contributed by atoms with E-state index >= 15 is 0 Å². The van der Waals surface area contributed by atoms with Crippen molar-refractivity contribution in [2.24, 2.45) is 0 Å². The second kappa shape index (κ2) is 8.29. The third kappa shape index (κ3) is 4.13. The largest absolute Gasteiger partial charge is 0.459 e. The normalized spacial score (nSPS) is 10.8. The number of furan rings is 1. The lowest BCUT2D eigenvalue weighted by atomic mass is 10.2. The van der Waals surface area contributed by atoms with Crippen molar-refractivity contribution in [3.8, 4) is 0 Å². The van der Waals surface area contributed by atoms with Gasteiger partial charge in [-0.25, -0.2) is 9.78 Å². The summed E-state index contributed by atoms with van der Waals surface area (Å²) in [5.41, 5.74) is 0.834. The number of anilines is 1. The molecule has 0 aliphatic heterocycles. The molecular weight excluding hydrogens is 408 g/mol. The van der Waals surface area contributed by atoms with Crippen LogP contribution in [0.4, 0.5) is 5.69 Å². The molecule has 0 atom stereocenters. The van der Waals surface area contributed by atoms with Gasteiger partial charge >= 0.3 is 5.97 Å². The van der Waals surface area contributed by atoms with E-state index in [4.69, 9.17) is 9.15 Å². The van der Waals surface area contributed by atoms with Gasteiger partial charge in [0.15, 0.2) is 5.76 Å². The SMILES string of the molecule is CCc1nn2c(=O)cc(COC(=O)c3ccc(NC(=O)c4ccco4)cc3)nc2s1. The molecule has 1 N–H and O–H groups in total. The van der Waals surface area contributed by atoms with Gasteiger partial charge in [-0.05, 0) is 42.8 Å². The summed E-state index contributed by atoms with van der Waals surface area (Å²) in [5, 5.41) is 7.64. The molecule has 4 aromatic rings. The molecule has 0 aliphatic rings. The molecule has 0 aliphatic carbocycles. The number of nitrogens with zero attached hydrogens (tertiary/aromatic N) is 3. The second-order valence-corrected chi connectivity index (χ2v) is 7.25. The summed E-state index contributed by atoms with van der Waals surface area (Å²) in [6.07, 6.45) is 2.11. The molecule has 3 aromatic heterocycles. The third-order valence-electron chi connectivity index (χ3n) is 4.12. The van der Waals surface area contributed by atoms with Crippen LogP contribution in [-0.2, 0) is 17.8 Å². The molecule has 0 unspecified atom stereocenters. The van der Waals surface area contributed by atoms with E-state index in [1.54, 1.807) is 24.3 Å². The number of hydrogen-bond acceptors (Lipinski definition) is 8. The van der Waals surface area contributed by atoms with Crippen molar-refractivity contribution in [3.05, 3.63) is 81.1 Å². The zero-order valence-electron chi connectivity index (χ0n) is 15.8. The fourth-order valence-electron chi connectivity index (χ4n) is 2.63. The summed E-state index contributed by atoms with van der Waals surface area (Å²) in [5.74, 6) is -0.775. The van der Waals surface area contributed by atoms with Crippen LogP contribution in [-0.4, -0.2) is 26.5 Å². The fraction of sp³-hybridized carbons (Fsp3) is 0.150. The molecule has 9 nitrogen and oxygen atoms in total. The summed E-state index contributed by atoms with van der Waals surface area (Å²) in [6.45, 7) is 1.81. The van der Waals surface area contributed by atoms with Crippen molar-refractivity contribution in [1.29, 1.82) is 0 Å². The van der Waals surface area contributed by atoms with Gasteiger partial charge in [0.05, 0.1) is 17.5 Å². The lowest BCUT2D eigenvalue weighted by Gasteiger charge is -2.06. The topological polar surface area (TPSA) is 116 Å². The maximum atomic E-state index is 12.3. The lowest BCUT2D eigenvalue weighted by molar-refractivity contribution is 0.0467. The Kier molecular flexibility index (Phi) is 5.40. The van der Waals surface area contributed by atoms with Crippen LogP contribution < -0.4 is 10.9 Å². The number of rotatable bonds is 6. The number of carbonyl (C=O) groups excluding carboxylic acids is 2. The Morgan fingerprint density at radius 2 is 2.03 bits per heavy atom. The van der Waals surface area contributed by atoms with Crippen LogP contribution in [0, 0.1) is 0 Å². The van der Waals surface area contributed by atoms with Gasteiger partial charge in [-0.15, -0.1) is 0 Å². The maximum Gasteiger partial charge on any atom is 0.338 e. The van der Waals surface area contributed by atoms with Crippen LogP contribution in [0.2, 0.25) is 0 Å². The van der Waals surface area contributed by atoms with Gasteiger partial charge in [-0.2, -0.15) is 9.61 Å². The lowest BCUT2D eigenvalue weighted by Crippen LogP contribution is -2.16. The molecule has 0 radical (unpaired) electrons. The number of benzene rings is 1. The molecule has 30 heavy (non-hydrogen) atoms.